The van der Waals surface area contributed by atoms with Gasteiger partial charge in [-0.1, -0.05) is 24.3 Å². The molecule has 0 saturated carbocycles. The number of carbonyl (C=O) groups is 2. The van der Waals surface area contributed by atoms with Crippen molar-refractivity contribution in [3.05, 3.63) is 77.0 Å². The standard InChI is InChI=1S/C23H21F3N4O3/c1-2-29-21-17(19(13-31)28-30(21)16-9-4-3-5-10-16)12-18(22(29)33)27-20(32)14-7-6-8-15(11-14)23(24,25)26/h3-11,18,31H,2,12-13H2,1H3,(H,27,32). The summed E-state index contributed by atoms with van der Waals surface area (Å²) in [6, 6.07) is 12.1. The van der Waals surface area contributed by atoms with Gasteiger partial charge >= 0.3 is 6.18 Å². The smallest absolute Gasteiger partial charge is 0.390 e. The molecule has 0 radical (unpaired) electrons. The van der Waals surface area contributed by atoms with Gasteiger partial charge in [0.1, 0.15) is 11.9 Å². The highest BCUT2D eigenvalue weighted by Crippen LogP contribution is 2.33. The summed E-state index contributed by atoms with van der Waals surface area (Å²) >= 11 is 0. The Hall–Kier alpha value is -3.66. The third kappa shape index (κ3) is 4.21. The molecule has 0 fully saturated rings. The van der Waals surface area contributed by atoms with Crippen molar-refractivity contribution in [2.45, 2.75) is 32.2 Å². The Kier molecular flexibility index (Phi) is 5.94. The highest BCUT2D eigenvalue weighted by Gasteiger charge is 2.38. The lowest BCUT2D eigenvalue weighted by Crippen LogP contribution is -2.53. The first kappa shape index (κ1) is 22.5. The molecule has 3 aromatic rings. The van der Waals surface area contributed by atoms with E-state index in [9.17, 15) is 27.9 Å². The van der Waals surface area contributed by atoms with Crippen molar-refractivity contribution in [1.82, 2.24) is 15.1 Å². The first-order valence-corrected chi connectivity index (χ1v) is 10.3. The van der Waals surface area contributed by atoms with Gasteiger partial charge < -0.3 is 10.4 Å². The predicted octanol–water partition coefficient (Wildman–Crippen LogP) is 3.09. The molecule has 0 spiro atoms. The molecule has 2 amide bonds. The number of hydrogen-bond acceptors (Lipinski definition) is 4. The fourth-order valence-corrected chi connectivity index (χ4v) is 3.93. The second-order valence-corrected chi connectivity index (χ2v) is 7.55. The van der Waals surface area contributed by atoms with Gasteiger partial charge in [0.05, 0.1) is 23.6 Å². The number of nitrogens with one attached hydrogen (secondary N) is 1. The number of hydrogen-bond donors (Lipinski definition) is 2. The Bertz CT molecular complexity index is 1190. The van der Waals surface area contributed by atoms with Gasteiger partial charge in [-0.2, -0.15) is 18.3 Å². The van der Waals surface area contributed by atoms with Crippen LogP contribution in [0, 0.1) is 0 Å². The molecule has 2 heterocycles. The van der Waals surface area contributed by atoms with Crippen molar-refractivity contribution in [3.63, 3.8) is 0 Å². The number of anilines is 1. The number of para-hydroxylation sites is 1. The van der Waals surface area contributed by atoms with Crippen LogP contribution in [0.4, 0.5) is 19.0 Å². The van der Waals surface area contributed by atoms with Crippen LogP contribution in [0.5, 0.6) is 0 Å². The van der Waals surface area contributed by atoms with E-state index in [1.165, 1.54) is 11.0 Å². The van der Waals surface area contributed by atoms with Crippen LogP contribution in [0.2, 0.25) is 0 Å². The molecular formula is C23H21F3N4O3. The summed E-state index contributed by atoms with van der Waals surface area (Å²) < 4.78 is 40.6. The number of rotatable bonds is 5. The number of amides is 2. The molecule has 1 aliphatic rings. The van der Waals surface area contributed by atoms with E-state index < -0.39 is 29.6 Å². The fourth-order valence-electron chi connectivity index (χ4n) is 3.93. The summed E-state index contributed by atoms with van der Waals surface area (Å²) in [4.78, 5) is 27.4. The van der Waals surface area contributed by atoms with Crippen molar-refractivity contribution in [1.29, 1.82) is 0 Å². The van der Waals surface area contributed by atoms with E-state index in [2.05, 4.69) is 10.4 Å². The van der Waals surface area contributed by atoms with Crippen LogP contribution in [0.1, 0.15) is 34.1 Å². The van der Waals surface area contributed by atoms with Crippen LogP contribution in [0.25, 0.3) is 5.69 Å². The van der Waals surface area contributed by atoms with Gasteiger partial charge in [-0.25, -0.2) is 4.68 Å². The van der Waals surface area contributed by atoms with Gasteiger partial charge in [0.25, 0.3) is 11.8 Å². The first-order chi connectivity index (χ1) is 15.7. The molecule has 1 aromatic heterocycles. The third-order valence-electron chi connectivity index (χ3n) is 5.49. The average molecular weight is 458 g/mol. The molecule has 2 N–H and O–H groups in total. The second kappa shape index (κ2) is 8.70. The largest absolute Gasteiger partial charge is 0.416 e. The number of nitrogens with zero attached hydrogens (tertiary/aromatic N) is 3. The summed E-state index contributed by atoms with van der Waals surface area (Å²) in [6.07, 6.45) is -4.54. The summed E-state index contributed by atoms with van der Waals surface area (Å²) in [5.41, 5.74) is 0.504. The van der Waals surface area contributed by atoms with Crippen molar-refractivity contribution in [2.75, 3.05) is 11.4 Å². The molecule has 4 rings (SSSR count). The van der Waals surface area contributed by atoms with E-state index in [4.69, 9.17) is 0 Å². The highest BCUT2D eigenvalue weighted by atomic mass is 19.4. The Labute approximate surface area is 187 Å². The van der Waals surface area contributed by atoms with Crippen molar-refractivity contribution in [3.8, 4) is 5.69 Å². The van der Waals surface area contributed by atoms with Gasteiger partial charge in [0.2, 0.25) is 0 Å². The SMILES string of the molecule is CCN1C(=O)C(NC(=O)c2cccc(C(F)(F)F)c2)Cc2c(CO)nn(-c3ccccc3)c21. The van der Waals surface area contributed by atoms with E-state index in [0.29, 0.717) is 22.8 Å². The fraction of sp³-hybridized carbons (Fsp3) is 0.261. The van der Waals surface area contributed by atoms with Crippen molar-refractivity contribution < 1.29 is 27.9 Å². The van der Waals surface area contributed by atoms with Gasteiger partial charge in [-0.3, -0.25) is 14.5 Å². The first-order valence-electron chi connectivity index (χ1n) is 10.3. The van der Waals surface area contributed by atoms with Crippen LogP contribution >= 0.6 is 0 Å². The average Bonchev–Trinajstić information content (AvgIpc) is 3.18. The van der Waals surface area contributed by atoms with Crippen molar-refractivity contribution >= 4 is 17.6 Å². The Balaban J connectivity index is 1.67. The van der Waals surface area contributed by atoms with Crippen LogP contribution in [-0.4, -0.2) is 39.3 Å². The number of halogens is 3. The van der Waals surface area contributed by atoms with Crippen LogP contribution in [0.3, 0.4) is 0 Å². The number of aliphatic hydroxyl groups excluding tert-OH is 1. The molecule has 2 aromatic carbocycles. The molecule has 0 aliphatic carbocycles. The van der Waals surface area contributed by atoms with E-state index in [-0.39, 0.29) is 25.1 Å². The van der Waals surface area contributed by atoms with Crippen LogP contribution in [-0.2, 0) is 24.0 Å². The van der Waals surface area contributed by atoms with Gasteiger partial charge in [-0.15, -0.1) is 0 Å². The summed E-state index contributed by atoms with van der Waals surface area (Å²) in [5.74, 6) is -0.700. The number of aliphatic hydroxyl groups is 1. The number of benzene rings is 2. The number of aromatic nitrogens is 2. The lowest BCUT2D eigenvalue weighted by Gasteiger charge is -2.32. The van der Waals surface area contributed by atoms with E-state index in [1.54, 1.807) is 11.6 Å². The molecule has 0 bridgehead atoms. The molecule has 1 atom stereocenters. The minimum atomic E-state index is -4.59. The maximum Gasteiger partial charge on any atom is 0.416 e. The predicted molar refractivity (Wildman–Crippen MR) is 114 cm³/mol. The number of likely N-dealkylation sites (N-methyl/N-ethyl adjacent to an activating group) is 1. The summed E-state index contributed by atoms with van der Waals surface area (Å²) in [6.45, 7) is 1.66. The normalized spacial score (nSPS) is 16.0. The topological polar surface area (TPSA) is 87.5 Å². The Morgan fingerprint density at radius 1 is 1.18 bits per heavy atom. The third-order valence-corrected chi connectivity index (χ3v) is 5.49. The molecule has 0 saturated heterocycles. The highest BCUT2D eigenvalue weighted by molar-refractivity contribution is 6.04. The molecular weight excluding hydrogens is 437 g/mol. The lowest BCUT2D eigenvalue weighted by atomic mass is 9.98. The van der Waals surface area contributed by atoms with Gasteiger partial charge in [0.15, 0.2) is 0 Å². The van der Waals surface area contributed by atoms with Gasteiger partial charge in [-0.05, 0) is 37.3 Å². The quantitative estimate of drug-likeness (QED) is 0.615. The Morgan fingerprint density at radius 2 is 1.91 bits per heavy atom. The zero-order chi connectivity index (χ0) is 23.8. The van der Waals surface area contributed by atoms with Gasteiger partial charge in [0, 0.05) is 24.1 Å². The minimum Gasteiger partial charge on any atom is -0.390 e. The summed E-state index contributed by atoms with van der Waals surface area (Å²) in [5, 5.41) is 16.9. The van der Waals surface area contributed by atoms with Crippen molar-refractivity contribution in [2.24, 2.45) is 0 Å². The zero-order valence-corrected chi connectivity index (χ0v) is 17.6. The molecule has 1 aliphatic heterocycles. The van der Waals surface area contributed by atoms with Crippen LogP contribution < -0.4 is 10.2 Å². The minimum absolute atomic E-state index is 0.0537. The zero-order valence-electron chi connectivity index (χ0n) is 17.6. The maximum atomic E-state index is 13.2. The number of carbonyl (C=O) groups excluding carboxylic acids is 2. The molecule has 10 heteroatoms. The van der Waals surface area contributed by atoms with E-state index in [0.717, 1.165) is 18.2 Å². The molecule has 172 valence electrons. The maximum absolute atomic E-state index is 13.2. The summed E-state index contributed by atoms with van der Waals surface area (Å²) in [7, 11) is 0. The van der Waals surface area contributed by atoms with E-state index in [1.807, 2.05) is 30.3 Å². The molecule has 33 heavy (non-hydrogen) atoms. The monoisotopic (exact) mass is 458 g/mol. The molecule has 1 unspecified atom stereocenters. The number of alkyl halides is 3. The second-order valence-electron chi connectivity index (χ2n) is 7.55. The lowest BCUT2D eigenvalue weighted by molar-refractivity contribution is -0.137. The van der Waals surface area contributed by atoms with E-state index >= 15 is 0 Å². The Morgan fingerprint density at radius 3 is 2.55 bits per heavy atom. The number of fused-ring (bicyclic) bond motifs is 1. The molecule has 7 nitrogen and oxygen atoms in total. The van der Waals surface area contributed by atoms with Crippen LogP contribution in [0.15, 0.2) is 54.6 Å².